The number of terminal acetylenes is 5. The van der Waals surface area contributed by atoms with Gasteiger partial charge in [0.15, 0.2) is 17.3 Å². The molecule has 12 heterocycles. The number of anilines is 17. The molecular weight excluding hydrogens is 1700 g/mol. The van der Waals surface area contributed by atoms with Gasteiger partial charge >= 0.3 is 0 Å². The molecule has 5 fully saturated rings. The van der Waals surface area contributed by atoms with Crippen molar-refractivity contribution < 1.29 is 14.4 Å². The number of rotatable bonds is 34. The molecule has 10 aromatic rings. The van der Waals surface area contributed by atoms with Crippen molar-refractivity contribution in [2.75, 3.05) is 166 Å². The number of hydrogen-bond acceptors (Lipinski definition) is 35. The average molecular weight is 1820 g/mol. The number of nitrogens with two attached hydrogens (primary N) is 2. The molecule has 3 saturated carbocycles. The highest BCUT2D eigenvalue weighted by Gasteiger charge is 2.24. The standard InChI is InChI=1S/C22H29N7O.2C22H28N6O.C17H21N7.C17H20N6/c1-4-18-13-27-22(14-24-18)28-21-9-20(25-11-16-6-5-7-23-10-16)17(12-26-21)8-19(30)15-29(2)3;2*1-4-17-13-25-22(14-23-17)27-21-11-20(26-18-8-6-5-7-9-18)16(12-24-21)10-19(29)15-28(2)3;1-2-13-9-22-17(11-20-13)24-16-6-15(14(18)10-23-16)21-8-12-4-3-5-19-7-12;1-2-12-9-20-17(11-19-12)23-16-8-15(14(18)10-21-16)22-13-6-4-3-5-7-13/h1,9,12-14,16,23H,5-8,10-11,15H2,2-3H3,(H2,25,26,27,28);2*1,11-14,18H,5-10,15H2,2-3H3,(H2,24,25,26,27);1,6,9-12,19H,3-5,7-8,18H2,(H2,21,22,23,24);1,8-11,13H,3-7,18H2,(H2,20,21,22,23)/t;;;12-;/m...0./s1. The number of piperidine rings is 2. The van der Waals surface area contributed by atoms with Crippen LogP contribution in [0, 0.1) is 73.6 Å². The summed E-state index contributed by atoms with van der Waals surface area (Å²) in [7, 11) is 11.4. The highest BCUT2D eigenvalue weighted by atomic mass is 16.1. The number of likely N-dealkylation sites (N-methyl/N-ethyl adjacent to an activating group) is 3. The molecule has 0 spiro atoms. The zero-order valence-electron chi connectivity index (χ0n) is 78.2. The number of nitrogens with zero attached hydrogens (tertiary/aromatic N) is 18. The van der Waals surface area contributed by atoms with Gasteiger partial charge in [-0.15, -0.1) is 32.1 Å². The number of nitrogen functional groups attached to an aromatic ring is 2. The summed E-state index contributed by atoms with van der Waals surface area (Å²) >= 11 is 0. The van der Waals surface area contributed by atoms with Gasteiger partial charge in [0.1, 0.15) is 86.6 Å². The summed E-state index contributed by atoms with van der Waals surface area (Å²) in [5, 5.41) is 40.3. The Morgan fingerprint density at radius 3 is 0.859 bits per heavy atom. The second kappa shape index (κ2) is 53.8. The van der Waals surface area contributed by atoms with Gasteiger partial charge in [0.05, 0.1) is 117 Å². The fourth-order valence-corrected chi connectivity index (χ4v) is 15.8. The topological polar surface area (TPSA) is 451 Å². The zero-order chi connectivity index (χ0) is 95.5. The third-order valence-electron chi connectivity index (χ3n) is 22.6. The molecule has 0 bridgehead atoms. The van der Waals surface area contributed by atoms with Crippen molar-refractivity contribution in [2.45, 2.75) is 159 Å². The number of pyridine rings is 5. The molecule has 0 aromatic carbocycles. The van der Waals surface area contributed by atoms with Crippen LogP contribution >= 0.6 is 0 Å². The van der Waals surface area contributed by atoms with Crippen molar-refractivity contribution in [3.63, 3.8) is 0 Å². The first-order chi connectivity index (χ1) is 65.6. The second-order valence-corrected chi connectivity index (χ2v) is 34.8. The van der Waals surface area contributed by atoms with E-state index in [9.17, 15) is 14.4 Å². The Morgan fingerprint density at radius 1 is 0.319 bits per heavy atom. The number of ketones is 3. The molecule has 5 aliphatic rings. The van der Waals surface area contributed by atoms with Crippen LogP contribution in [0.25, 0.3) is 0 Å². The molecule has 35 heteroatoms. The van der Waals surface area contributed by atoms with Crippen LogP contribution in [0.4, 0.5) is 98.0 Å². The van der Waals surface area contributed by atoms with E-state index < -0.39 is 0 Å². The van der Waals surface area contributed by atoms with E-state index in [0.717, 1.165) is 110 Å². The van der Waals surface area contributed by atoms with Gasteiger partial charge < -0.3 is 90.0 Å². The maximum atomic E-state index is 12.4. The number of hydrogen-bond donors (Lipinski definition) is 14. The van der Waals surface area contributed by atoms with Gasteiger partial charge in [-0.1, -0.05) is 57.8 Å². The van der Waals surface area contributed by atoms with Crippen LogP contribution in [0.5, 0.6) is 0 Å². The number of aromatic nitrogens is 15. The highest BCUT2D eigenvalue weighted by molar-refractivity contribution is 5.86. The summed E-state index contributed by atoms with van der Waals surface area (Å²) in [6.45, 7) is 7.23. The normalized spacial score (nSPS) is 15.3. The molecule has 0 radical (unpaired) electrons. The molecule has 704 valence electrons. The van der Waals surface area contributed by atoms with Crippen LogP contribution in [0.15, 0.2) is 123 Å². The summed E-state index contributed by atoms with van der Waals surface area (Å²) in [5.74, 6) is 20.0. The maximum Gasteiger partial charge on any atom is 0.151 e. The SMILES string of the molecule is C#Cc1cnc(Nc2cc(NC3CCCCC3)c(CC(=O)CN(C)C)cn2)cn1.C#Cc1cnc(Nc2cc(NC3CCCCC3)c(CC(=O)CN(C)C)cn2)cn1.C#Cc1cnc(Nc2cc(NC3CCCCC3)c(N)cn2)cn1.C#Cc1cnc(Nc2cc(NCC3CCCNC3)c(CC(=O)CN(C)C)cn2)cn1.C#Cc1cnc(Nc2cc(NC[C@H]3CCCNC3)c(N)cn2)cn1. The van der Waals surface area contributed by atoms with Crippen LogP contribution in [0.3, 0.4) is 0 Å². The quantitative estimate of drug-likeness (QED) is 0.0167. The molecule has 3 aliphatic carbocycles. The van der Waals surface area contributed by atoms with Crippen LogP contribution < -0.4 is 75.3 Å². The van der Waals surface area contributed by atoms with E-state index in [1.54, 1.807) is 68.2 Å². The van der Waals surface area contributed by atoms with E-state index in [-0.39, 0.29) is 17.3 Å². The number of carbonyl (C=O) groups is 3. The van der Waals surface area contributed by atoms with Gasteiger partial charge in [0.25, 0.3) is 0 Å². The number of nitrogens with one attached hydrogen (secondary N) is 12. The van der Waals surface area contributed by atoms with E-state index >= 15 is 0 Å². The van der Waals surface area contributed by atoms with Crippen molar-refractivity contribution in [1.29, 1.82) is 0 Å². The van der Waals surface area contributed by atoms with Crippen molar-refractivity contribution in [2.24, 2.45) is 11.8 Å². The summed E-state index contributed by atoms with van der Waals surface area (Å²) < 4.78 is 0. The molecule has 2 atom stereocenters. The van der Waals surface area contributed by atoms with Crippen LogP contribution in [0.1, 0.15) is 167 Å². The highest BCUT2D eigenvalue weighted by Crippen LogP contribution is 2.33. The van der Waals surface area contributed by atoms with Crippen molar-refractivity contribution in [3.8, 4) is 61.7 Å². The summed E-state index contributed by atoms with van der Waals surface area (Å²) in [6.07, 6.45) is 74.9. The first kappa shape index (κ1) is 101. The summed E-state index contributed by atoms with van der Waals surface area (Å²) in [4.78, 5) is 106. The maximum absolute atomic E-state index is 12.4. The minimum Gasteiger partial charge on any atom is -0.396 e. The molecule has 35 nitrogen and oxygen atoms in total. The van der Waals surface area contributed by atoms with Gasteiger partial charge in [0.2, 0.25) is 0 Å². The van der Waals surface area contributed by atoms with E-state index in [1.807, 2.05) is 87.3 Å². The lowest BCUT2D eigenvalue weighted by atomic mass is 9.95. The largest absolute Gasteiger partial charge is 0.396 e. The average Bonchev–Trinajstić information content (AvgIpc) is 0.838. The van der Waals surface area contributed by atoms with Gasteiger partial charge in [-0.2, -0.15) is 0 Å². The van der Waals surface area contributed by atoms with Crippen LogP contribution in [-0.4, -0.2) is 226 Å². The van der Waals surface area contributed by atoms with Crippen molar-refractivity contribution in [1.82, 2.24) is 100 Å². The molecular formula is C100H126N32O3. The Bertz CT molecular complexity index is 5490. The van der Waals surface area contributed by atoms with E-state index in [0.29, 0.717) is 167 Å². The predicted octanol–water partition coefficient (Wildman–Crippen LogP) is 12.2. The molecule has 2 saturated heterocycles. The lowest BCUT2D eigenvalue weighted by molar-refractivity contribution is -0.119. The lowest BCUT2D eigenvalue weighted by Gasteiger charge is -2.25. The third-order valence-corrected chi connectivity index (χ3v) is 22.6. The minimum absolute atomic E-state index is 0.153. The fraction of sp³-hybridized carbons (Fsp3) is 0.420. The van der Waals surface area contributed by atoms with E-state index in [1.165, 1.54) is 121 Å². The first-order valence-corrected chi connectivity index (χ1v) is 46.0. The molecule has 0 amide bonds. The number of carbonyl (C=O) groups excluding carboxylic acids is 3. The van der Waals surface area contributed by atoms with Crippen molar-refractivity contribution >= 4 is 115 Å². The zero-order valence-corrected chi connectivity index (χ0v) is 78.2. The summed E-state index contributed by atoms with van der Waals surface area (Å²) in [6, 6.07) is 10.9. The van der Waals surface area contributed by atoms with Gasteiger partial charge in [-0.25, -0.2) is 74.8 Å². The van der Waals surface area contributed by atoms with Gasteiger partial charge in [0, 0.05) is 133 Å². The Morgan fingerprint density at radius 2 is 0.578 bits per heavy atom. The molecule has 2 aliphatic heterocycles. The minimum atomic E-state index is 0.153. The Hall–Kier alpha value is -14.6. The first-order valence-electron chi connectivity index (χ1n) is 46.0. The fourth-order valence-electron chi connectivity index (χ4n) is 15.8. The molecule has 1 unspecified atom stereocenters. The Kier molecular flexibility index (Phi) is 40.2. The second-order valence-electron chi connectivity index (χ2n) is 34.8. The van der Waals surface area contributed by atoms with E-state index in [2.05, 4.69) is 168 Å². The molecule has 16 N–H and O–H groups in total. The smallest absolute Gasteiger partial charge is 0.151 e. The van der Waals surface area contributed by atoms with E-state index in [4.69, 9.17) is 43.6 Å². The Balaban J connectivity index is 0.000000163. The third kappa shape index (κ3) is 35.1. The Labute approximate surface area is 792 Å². The van der Waals surface area contributed by atoms with Crippen molar-refractivity contribution in [3.05, 3.63) is 168 Å². The lowest BCUT2D eigenvalue weighted by Crippen LogP contribution is -2.33. The van der Waals surface area contributed by atoms with Crippen LogP contribution in [0.2, 0.25) is 0 Å². The molecule has 10 aromatic heterocycles. The summed E-state index contributed by atoms with van der Waals surface area (Å²) in [5.41, 5.74) is 23.1. The molecule has 15 rings (SSSR count). The van der Waals surface area contributed by atoms with Gasteiger partial charge in [-0.3, -0.25) is 14.4 Å². The monoisotopic (exact) mass is 1820 g/mol. The van der Waals surface area contributed by atoms with Gasteiger partial charge in [-0.05, 0) is 174 Å². The molecule has 135 heavy (non-hydrogen) atoms. The predicted molar refractivity (Wildman–Crippen MR) is 538 cm³/mol. The van der Waals surface area contributed by atoms with Crippen LogP contribution in [-0.2, 0) is 33.6 Å². The number of Topliss-reactive ketones (excluding diaryl/α,β-unsaturated/α-hetero) is 3.